The molecule has 3 rings (SSSR count). The highest BCUT2D eigenvalue weighted by Crippen LogP contribution is 2.61. The fourth-order valence-corrected chi connectivity index (χ4v) is 7.33. The summed E-state index contributed by atoms with van der Waals surface area (Å²) in [7, 11) is 2.86. The van der Waals surface area contributed by atoms with Crippen LogP contribution in [0, 0.1) is 5.92 Å². The predicted molar refractivity (Wildman–Crippen MR) is 130 cm³/mol. The topological polar surface area (TPSA) is 93.1 Å². The van der Waals surface area contributed by atoms with Crippen molar-refractivity contribution in [3.8, 4) is 11.5 Å². The highest BCUT2D eigenvalue weighted by atomic mass is 79.9. The molecule has 2 unspecified atom stereocenters. The Labute approximate surface area is 206 Å². The molecule has 1 aromatic carbocycles. The molecule has 2 aliphatic carbocycles. The van der Waals surface area contributed by atoms with Crippen molar-refractivity contribution in [1.29, 1.82) is 0 Å². The zero-order valence-electron chi connectivity index (χ0n) is 18.2. The maximum Gasteiger partial charge on any atom is 0.333 e. The smallest absolute Gasteiger partial charge is 0.333 e. The Morgan fingerprint density at radius 2 is 1.72 bits per heavy atom. The lowest BCUT2D eigenvalue weighted by molar-refractivity contribution is -0.146. The van der Waals surface area contributed by atoms with Gasteiger partial charge in [-0.1, -0.05) is 59.0 Å². The third-order valence-corrected chi connectivity index (χ3v) is 9.35. The highest BCUT2D eigenvalue weighted by molar-refractivity contribution is 9.10. The van der Waals surface area contributed by atoms with Gasteiger partial charge in [0, 0.05) is 22.9 Å². The Balaban J connectivity index is 2.48. The van der Waals surface area contributed by atoms with E-state index in [0.717, 1.165) is 19.3 Å². The minimum Gasteiger partial charge on any atom is -0.496 e. The zero-order chi connectivity index (χ0) is 23.8. The molecule has 2 aliphatic rings. The quantitative estimate of drug-likeness (QED) is 0.357. The monoisotopic (exact) mass is 544 g/mol. The maximum atomic E-state index is 13.3. The van der Waals surface area contributed by atoms with E-state index in [1.165, 1.54) is 26.4 Å². The third kappa shape index (κ3) is 3.64. The summed E-state index contributed by atoms with van der Waals surface area (Å²) in [5, 5.41) is 21.4. The Bertz CT molecular complexity index is 1000. The minimum absolute atomic E-state index is 0.000908. The van der Waals surface area contributed by atoms with Crippen molar-refractivity contribution >= 4 is 56.6 Å². The van der Waals surface area contributed by atoms with E-state index in [1.54, 1.807) is 6.92 Å². The largest absolute Gasteiger partial charge is 0.496 e. The van der Waals surface area contributed by atoms with Crippen molar-refractivity contribution in [1.82, 2.24) is 0 Å². The van der Waals surface area contributed by atoms with E-state index in [-0.39, 0.29) is 40.0 Å². The molecule has 1 fully saturated rings. The SMILES string of the molecule is COc1cc(C2(C(=O)O)CC(=S)C(C)=C(C(=O)O)C2(Br)C2CCCCC2)c(OC)cc1Cl. The molecule has 0 heterocycles. The van der Waals surface area contributed by atoms with Crippen molar-refractivity contribution in [2.75, 3.05) is 14.2 Å². The summed E-state index contributed by atoms with van der Waals surface area (Å²) in [6.07, 6.45) is 4.16. The van der Waals surface area contributed by atoms with Crippen LogP contribution in [0.2, 0.25) is 5.02 Å². The van der Waals surface area contributed by atoms with Crippen LogP contribution < -0.4 is 9.47 Å². The fraction of sp³-hybridized carbons (Fsp3) is 0.522. The number of halogens is 2. The van der Waals surface area contributed by atoms with Crippen LogP contribution in [0.25, 0.3) is 0 Å². The van der Waals surface area contributed by atoms with Gasteiger partial charge in [0.2, 0.25) is 0 Å². The van der Waals surface area contributed by atoms with E-state index in [2.05, 4.69) is 15.9 Å². The Morgan fingerprint density at radius 1 is 1.12 bits per heavy atom. The molecule has 6 nitrogen and oxygen atoms in total. The second-order valence-electron chi connectivity index (χ2n) is 8.35. The Hall–Kier alpha value is -1.64. The van der Waals surface area contributed by atoms with Gasteiger partial charge in [0.15, 0.2) is 0 Å². The van der Waals surface area contributed by atoms with E-state index in [4.69, 9.17) is 33.3 Å². The molecule has 1 saturated carbocycles. The average Bonchev–Trinajstić information content (AvgIpc) is 2.76. The number of carboxylic acids is 2. The van der Waals surface area contributed by atoms with Crippen LogP contribution in [-0.2, 0) is 15.0 Å². The van der Waals surface area contributed by atoms with E-state index in [9.17, 15) is 19.8 Å². The number of methoxy groups -OCH3 is 2. The van der Waals surface area contributed by atoms with Crippen molar-refractivity contribution in [2.45, 2.75) is 55.2 Å². The molecule has 2 N–H and O–H groups in total. The van der Waals surface area contributed by atoms with Gasteiger partial charge in [-0.25, -0.2) is 4.79 Å². The molecule has 1 aromatic rings. The van der Waals surface area contributed by atoms with E-state index >= 15 is 0 Å². The second kappa shape index (κ2) is 9.31. The molecule has 2 atom stereocenters. The first kappa shape index (κ1) is 25.0. The van der Waals surface area contributed by atoms with Crippen LogP contribution in [0.1, 0.15) is 51.0 Å². The number of alkyl halides is 1. The number of allylic oxidation sites excluding steroid dienone is 1. The first-order chi connectivity index (χ1) is 15.1. The number of carboxylic acid groups (broad SMARTS) is 2. The first-order valence-corrected chi connectivity index (χ1v) is 12.0. The van der Waals surface area contributed by atoms with Crippen LogP contribution in [0.4, 0.5) is 0 Å². The van der Waals surface area contributed by atoms with Crippen molar-refractivity contribution in [3.05, 3.63) is 33.9 Å². The summed E-state index contributed by atoms with van der Waals surface area (Å²) >= 11 is 15.6. The Morgan fingerprint density at radius 3 is 2.22 bits per heavy atom. The normalized spacial score (nSPS) is 26.7. The number of benzene rings is 1. The number of hydrogen-bond donors (Lipinski definition) is 2. The molecule has 0 aliphatic heterocycles. The zero-order valence-corrected chi connectivity index (χ0v) is 21.3. The predicted octanol–water partition coefficient (Wildman–Crippen LogP) is 5.57. The second-order valence-corrected chi connectivity index (χ2v) is 10.5. The van der Waals surface area contributed by atoms with E-state index in [0.29, 0.717) is 23.3 Å². The number of hydrogen-bond acceptors (Lipinski definition) is 5. The molecule has 0 saturated heterocycles. The lowest BCUT2D eigenvalue weighted by Crippen LogP contribution is -2.62. The summed E-state index contributed by atoms with van der Waals surface area (Å²) < 4.78 is 9.52. The summed E-state index contributed by atoms with van der Waals surface area (Å²) in [5.41, 5.74) is -1.03. The van der Waals surface area contributed by atoms with Gasteiger partial charge in [-0.15, -0.1) is 0 Å². The maximum absolute atomic E-state index is 13.3. The van der Waals surface area contributed by atoms with Crippen molar-refractivity contribution in [2.24, 2.45) is 5.92 Å². The number of thiocarbonyl (C=S) groups is 1. The number of carbonyl (C=O) groups is 2. The van der Waals surface area contributed by atoms with Gasteiger partial charge in [-0.3, -0.25) is 4.79 Å². The standard InChI is InChI=1S/C23H26BrClO6S/c1-12-18(32)11-22(21(28)29,14-9-17(31-3)15(25)10-16(14)30-2)23(24,19(12)20(26)27)13-7-5-4-6-8-13/h9-10,13H,4-8,11H2,1-3H3,(H,26,27)(H,28,29). The average molecular weight is 546 g/mol. The summed E-state index contributed by atoms with van der Waals surface area (Å²) in [6.45, 7) is 1.66. The molecule has 0 spiro atoms. The molecule has 174 valence electrons. The number of aliphatic carboxylic acids is 2. The van der Waals surface area contributed by atoms with Crippen LogP contribution in [0.15, 0.2) is 23.3 Å². The molecule has 9 heteroatoms. The molecule has 0 bridgehead atoms. The molecular weight excluding hydrogens is 520 g/mol. The van der Waals surface area contributed by atoms with Crippen LogP contribution in [-0.4, -0.2) is 45.6 Å². The molecule has 0 amide bonds. The van der Waals surface area contributed by atoms with Gasteiger partial charge in [0.25, 0.3) is 0 Å². The lowest BCUT2D eigenvalue weighted by Gasteiger charge is -2.53. The number of ether oxygens (including phenoxy) is 2. The lowest BCUT2D eigenvalue weighted by atomic mass is 9.54. The summed E-state index contributed by atoms with van der Waals surface area (Å²) in [4.78, 5) is 26.2. The molecule has 0 aromatic heterocycles. The molecule has 32 heavy (non-hydrogen) atoms. The van der Waals surface area contributed by atoms with Crippen molar-refractivity contribution in [3.63, 3.8) is 0 Å². The fourth-order valence-electron chi connectivity index (χ4n) is 5.33. The van der Waals surface area contributed by atoms with Gasteiger partial charge in [0.1, 0.15) is 16.9 Å². The molecular formula is C23H26BrClO6S. The van der Waals surface area contributed by atoms with Crippen LogP contribution >= 0.6 is 39.7 Å². The van der Waals surface area contributed by atoms with Gasteiger partial charge in [-0.2, -0.15) is 0 Å². The van der Waals surface area contributed by atoms with Gasteiger partial charge in [0.05, 0.1) is 29.1 Å². The summed E-state index contributed by atoms with van der Waals surface area (Å²) in [6, 6.07) is 3.04. The summed E-state index contributed by atoms with van der Waals surface area (Å²) in [5.74, 6) is -2.09. The Kier molecular flexibility index (Phi) is 7.27. The third-order valence-electron chi connectivity index (χ3n) is 6.88. The van der Waals surface area contributed by atoms with Crippen LogP contribution in [0.5, 0.6) is 11.5 Å². The highest BCUT2D eigenvalue weighted by Gasteiger charge is 2.66. The van der Waals surface area contributed by atoms with E-state index in [1.807, 2.05) is 0 Å². The van der Waals surface area contributed by atoms with Crippen LogP contribution in [0.3, 0.4) is 0 Å². The number of rotatable bonds is 6. The van der Waals surface area contributed by atoms with Gasteiger partial charge in [-0.05, 0) is 37.3 Å². The first-order valence-electron chi connectivity index (χ1n) is 10.4. The molecule has 0 radical (unpaired) electrons. The van der Waals surface area contributed by atoms with Gasteiger partial charge >= 0.3 is 11.9 Å². The van der Waals surface area contributed by atoms with Gasteiger partial charge < -0.3 is 19.7 Å². The van der Waals surface area contributed by atoms with E-state index < -0.39 is 21.7 Å². The minimum atomic E-state index is -1.75. The van der Waals surface area contributed by atoms with Crippen molar-refractivity contribution < 1.29 is 29.3 Å².